The summed E-state index contributed by atoms with van der Waals surface area (Å²) in [6, 6.07) is 128. The highest BCUT2D eigenvalue weighted by atomic mass is 28.3. The average Bonchev–Trinajstić information content (AvgIpc) is 4.21. The van der Waals surface area contributed by atoms with E-state index in [1.54, 1.807) is 0 Å². The number of hydrogen-bond donors (Lipinski definition) is 0. The fourth-order valence-corrected chi connectivity index (χ4v) is 23.3. The fourth-order valence-electron chi connectivity index (χ4n) is 13.7. The van der Waals surface area contributed by atoms with Crippen molar-refractivity contribution in [2.24, 2.45) is 0 Å². The first kappa shape index (κ1) is 49.0. The van der Waals surface area contributed by atoms with Crippen molar-refractivity contribution in [3.05, 3.63) is 340 Å². The molecule has 4 heteroatoms. The molecule has 82 heavy (non-hydrogen) atoms. The first-order valence-corrected chi connectivity index (χ1v) is 32.4. The molecular formula is C78H56N2Si2. The number of hydrogen-bond acceptors (Lipinski definition) is 0. The molecule has 15 aromatic rings. The van der Waals surface area contributed by atoms with Crippen molar-refractivity contribution >= 4 is 101 Å². The van der Waals surface area contributed by atoms with Gasteiger partial charge in [-0.1, -0.05) is 303 Å². The maximum atomic E-state index is 2.57. The molecule has 0 bridgehead atoms. The summed E-state index contributed by atoms with van der Waals surface area (Å²) in [6.07, 6.45) is 0. The van der Waals surface area contributed by atoms with Gasteiger partial charge in [-0.05, 0) is 89.0 Å². The molecule has 13 aromatic carbocycles. The number of para-hydroxylation sites is 2. The Morgan fingerprint density at radius 1 is 0.195 bits per heavy atom. The van der Waals surface area contributed by atoms with Crippen LogP contribution in [0.25, 0.3) is 77.2 Å². The maximum Gasteiger partial charge on any atom is 0.179 e. The molecule has 0 aliphatic rings. The van der Waals surface area contributed by atoms with Crippen molar-refractivity contribution in [3.63, 3.8) is 0 Å². The van der Waals surface area contributed by atoms with E-state index >= 15 is 0 Å². The van der Waals surface area contributed by atoms with E-state index in [9.17, 15) is 0 Å². The Morgan fingerprint density at radius 3 is 0.951 bits per heavy atom. The van der Waals surface area contributed by atoms with Gasteiger partial charge >= 0.3 is 0 Å². The molecule has 0 spiro atoms. The van der Waals surface area contributed by atoms with Gasteiger partial charge in [0.25, 0.3) is 0 Å². The maximum absolute atomic E-state index is 3.01. The van der Waals surface area contributed by atoms with E-state index in [1.165, 1.54) is 96.3 Å². The summed E-state index contributed by atoms with van der Waals surface area (Å²) < 4.78 is 5.10. The van der Waals surface area contributed by atoms with Crippen LogP contribution in [0.5, 0.6) is 0 Å². The zero-order valence-electron chi connectivity index (χ0n) is 45.2. The van der Waals surface area contributed by atoms with Crippen molar-refractivity contribution in [2.45, 2.75) is 0 Å². The molecule has 2 heterocycles. The minimum absolute atomic E-state index is 1.12. The van der Waals surface area contributed by atoms with Crippen LogP contribution in [0.4, 0.5) is 0 Å². The summed E-state index contributed by atoms with van der Waals surface area (Å²) in [5, 5.41) is 15.6. The van der Waals surface area contributed by atoms with Gasteiger partial charge in [0, 0.05) is 38.4 Å². The predicted molar refractivity (Wildman–Crippen MR) is 353 cm³/mol. The fraction of sp³-hybridized carbons (Fsp3) is 0. The van der Waals surface area contributed by atoms with Crippen LogP contribution in [-0.4, -0.2) is 25.3 Å². The van der Waals surface area contributed by atoms with E-state index in [-0.39, 0.29) is 0 Å². The molecule has 0 aliphatic carbocycles. The second-order valence-corrected chi connectivity index (χ2v) is 29.1. The van der Waals surface area contributed by atoms with Crippen molar-refractivity contribution in [3.8, 4) is 33.6 Å². The van der Waals surface area contributed by atoms with Gasteiger partial charge in [-0.2, -0.15) is 0 Å². The third kappa shape index (κ3) is 7.83. The van der Waals surface area contributed by atoms with E-state index in [1.807, 2.05) is 0 Å². The summed E-state index contributed by atoms with van der Waals surface area (Å²) in [6.45, 7) is 0. The summed E-state index contributed by atoms with van der Waals surface area (Å²) in [4.78, 5) is 0. The van der Waals surface area contributed by atoms with E-state index in [0.717, 1.165) is 22.4 Å². The number of aromatic nitrogens is 2. The van der Waals surface area contributed by atoms with Gasteiger partial charge < -0.3 is 9.13 Å². The molecular weight excluding hydrogens is 1020 g/mol. The quantitative estimate of drug-likeness (QED) is 0.0852. The molecule has 0 amide bonds. The Hall–Kier alpha value is -10.1. The Morgan fingerprint density at radius 2 is 0.524 bits per heavy atom. The average molecular weight is 1080 g/mol. The summed E-state index contributed by atoms with van der Waals surface area (Å²) in [7, 11) is -5.87. The van der Waals surface area contributed by atoms with Crippen LogP contribution in [-0.2, 0) is 0 Å². The lowest BCUT2D eigenvalue weighted by Crippen LogP contribution is -2.74. The molecule has 15 rings (SSSR count). The van der Waals surface area contributed by atoms with Crippen molar-refractivity contribution < 1.29 is 0 Å². The number of benzene rings is 13. The highest BCUT2D eigenvalue weighted by Gasteiger charge is 2.44. The van der Waals surface area contributed by atoms with Crippen LogP contribution in [0.1, 0.15) is 0 Å². The Labute approximate surface area is 480 Å². The summed E-state index contributed by atoms with van der Waals surface area (Å²) in [5.74, 6) is 0. The third-order valence-corrected chi connectivity index (χ3v) is 26.7. The van der Waals surface area contributed by atoms with Crippen molar-refractivity contribution in [1.82, 2.24) is 9.13 Å². The van der Waals surface area contributed by atoms with Crippen LogP contribution < -0.4 is 41.5 Å². The Bertz CT molecular complexity index is 4500. The minimum Gasteiger partial charge on any atom is -0.309 e. The molecule has 386 valence electrons. The van der Waals surface area contributed by atoms with Gasteiger partial charge in [0.05, 0.1) is 27.8 Å². The molecule has 0 saturated heterocycles. The van der Waals surface area contributed by atoms with E-state index in [4.69, 9.17) is 0 Å². The molecule has 0 N–H and O–H groups in total. The van der Waals surface area contributed by atoms with Crippen LogP contribution in [0, 0.1) is 0 Å². The van der Waals surface area contributed by atoms with Gasteiger partial charge in [0.1, 0.15) is 0 Å². The molecule has 2 aromatic heterocycles. The standard InChI is InChI=1S/C78H56N2Si2/c1-9-29-57(30-10-1)71-54-67(82(63-39-19-6-20-40-63,64-41-21-7-22-42-64)65-43-23-8-24-44-65)55-72(58-31-11-2-12-32-58)78(71)80-75-48-28-26-46-69(75)73-53-59(49-52-76(73)80)79-74-47-27-25-45-68(74)70-51-50-66(56-77(70)79)81(60-33-13-3-14-34-60,61-35-15-4-16-36-61)62-37-17-5-18-38-62/h1-56H. The number of rotatable bonds is 12. The lowest BCUT2D eigenvalue weighted by molar-refractivity contribution is 1.17. The molecule has 0 radical (unpaired) electrons. The van der Waals surface area contributed by atoms with E-state index in [0.29, 0.717) is 0 Å². The van der Waals surface area contributed by atoms with Crippen molar-refractivity contribution in [1.29, 1.82) is 0 Å². The lowest BCUT2D eigenvalue weighted by atomic mass is 9.95. The van der Waals surface area contributed by atoms with Gasteiger partial charge in [-0.25, -0.2) is 0 Å². The van der Waals surface area contributed by atoms with Gasteiger partial charge in [0.15, 0.2) is 16.1 Å². The zero-order chi connectivity index (χ0) is 54.5. The molecule has 0 unspecified atom stereocenters. The van der Waals surface area contributed by atoms with Gasteiger partial charge in [0.2, 0.25) is 0 Å². The molecule has 0 fully saturated rings. The SMILES string of the molecule is c1ccc(-c2cc([Si](c3ccccc3)(c3ccccc3)c3ccccc3)cc(-c3ccccc3)c2-n2c3ccccc3c3cc(-n4c5ccccc5c5ccc([Si](c6ccccc6)(c6ccccc6)c6ccccc6)cc54)ccc32)cc1. The highest BCUT2D eigenvalue weighted by Crippen LogP contribution is 2.43. The van der Waals surface area contributed by atoms with Crippen LogP contribution >= 0.6 is 0 Å². The molecule has 0 aliphatic heterocycles. The van der Waals surface area contributed by atoms with Gasteiger partial charge in [-0.15, -0.1) is 0 Å². The largest absolute Gasteiger partial charge is 0.309 e. The molecule has 0 saturated carbocycles. The molecule has 0 atom stereocenters. The van der Waals surface area contributed by atoms with Crippen molar-refractivity contribution in [2.75, 3.05) is 0 Å². The van der Waals surface area contributed by atoms with E-state index in [2.05, 4.69) is 349 Å². The van der Waals surface area contributed by atoms with Crippen LogP contribution in [0.2, 0.25) is 0 Å². The van der Waals surface area contributed by atoms with Crippen LogP contribution in [0.3, 0.4) is 0 Å². The number of nitrogens with zero attached hydrogens (tertiary/aromatic N) is 2. The third-order valence-electron chi connectivity index (χ3n) is 17.2. The lowest BCUT2D eigenvalue weighted by Gasteiger charge is -2.36. The first-order chi connectivity index (χ1) is 40.7. The van der Waals surface area contributed by atoms with E-state index < -0.39 is 16.1 Å². The highest BCUT2D eigenvalue weighted by molar-refractivity contribution is 7.20. The predicted octanol–water partition coefficient (Wildman–Crippen LogP) is 14.0. The Kier molecular flexibility index (Phi) is 12.3. The second kappa shape index (κ2) is 20.5. The Balaban J connectivity index is 1.02. The smallest absolute Gasteiger partial charge is 0.179 e. The van der Waals surface area contributed by atoms with Gasteiger partial charge in [-0.3, -0.25) is 0 Å². The first-order valence-electron chi connectivity index (χ1n) is 28.4. The zero-order valence-corrected chi connectivity index (χ0v) is 47.2. The minimum atomic E-state index is -3.01. The number of fused-ring (bicyclic) bond motifs is 6. The van der Waals surface area contributed by atoms with Crippen LogP contribution in [0.15, 0.2) is 340 Å². The molecule has 2 nitrogen and oxygen atoms in total. The summed E-state index contributed by atoms with van der Waals surface area (Å²) in [5.41, 5.74) is 11.6. The normalized spacial score (nSPS) is 11.9. The second-order valence-electron chi connectivity index (χ2n) is 21.5. The topological polar surface area (TPSA) is 9.86 Å². The summed E-state index contributed by atoms with van der Waals surface area (Å²) >= 11 is 0. The monoisotopic (exact) mass is 1080 g/mol.